The van der Waals surface area contributed by atoms with Gasteiger partial charge in [0.1, 0.15) is 0 Å². The van der Waals surface area contributed by atoms with Crippen LogP contribution in [-0.2, 0) is 36.7 Å². The van der Waals surface area contributed by atoms with Crippen LogP contribution in [0.15, 0.2) is 29.3 Å². The van der Waals surface area contributed by atoms with Crippen molar-refractivity contribution < 1.29 is 28.7 Å². The maximum absolute atomic E-state index is 12.3. The monoisotopic (exact) mass is 431 g/mol. The van der Waals surface area contributed by atoms with Crippen molar-refractivity contribution in [3.63, 3.8) is 0 Å². The number of esters is 2. The number of benzene rings is 1. The molecule has 1 aliphatic heterocycles. The second-order valence-electron chi connectivity index (χ2n) is 7.17. The van der Waals surface area contributed by atoms with Gasteiger partial charge in [-0.1, -0.05) is 23.9 Å². The Bertz CT molecular complexity index is 878. The Hall–Kier alpha value is -2.61. The summed E-state index contributed by atoms with van der Waals surface area (Å²) in [5.74, 6) is -0.832. The molecule has 1 aromatic rings. The second kappa shape index (κ2) is 10.4. The normalized spacial score (nSPS) is 16.6. The van der Waals surface area contributed by atoms with Crippen molar-refractivity contribution in [2.45, 2.75) is 38.5 Å². The van der Waals surface area contributed by atoms with Crippen LogP contribution in [0, 0.1) is 0 Å². The molecule has 0 aromatic heterocycles. The summed E-state index contributed by atoms with van der Waals surface area (Å²) in [6.45, 7) is 0.488. The third kappa shape index (κ3) is 5.72. The molecule has 7 nitrogen and oxygen atoms in total. The quantitative estimate of drug-likeness (QED) is 0.257. The Morgan fingerprint density at radius 1 is 1.17 bits per heavy atom. The van der Waals surface area contributed by atoms with Gasteiger partial charge in [-0.05, 0) is 42.9 Å². The van der Waals surface area contributed by atoms with E-state index < -0.39 is 11.9 Å². The Labute approximate surface area is 179 Å². The van der Waals surface area contributed by atoms with Crippen LogP contribution >= 0.6 is 11.8 Å². The average molecular weight is 432 g/mol. The van der Waals surface area contributed by atoms with Gasteiger partial charge < -0.3 is 14.4 Å². The van der Waals surface area contributed by atoms with Crippen LogP contribution < -0.4 is 0 Å². The Kier molecular flexibility index (Phi) is 7.68. The van der Waals surface area contributed by atoms with Crippen molar-refractivity contribution in [1.82, 2.24) is 4.90 Å². The molecule has 0 unspecified atom stereocenters. The molecule has 2 aliphatic rings. The predicted octanol–water partition coefficient (Wildman–Crippen LogP) is 2.66. The number of hydrogen-bond donors (Lipinski definition) is 0. The number of carbonyl (C=O) groups is 4. The first-order valence-electron chi connectivity index (χ1n) is 10.0. The van der Waals surface area contributed by atoms with E-state index in [1.165, 1.54) is 41.0 Å². The zero-order chi connectivity index (χ0) is 21.5. The highest BCUT2D eigenvalue weighted by Crippen LogP contribution is 2.29. The van der Waals surface area contributed by atoms with Gasteiger partial charge in [-0.3, -0.25) is 14.4 Å². The lowest BCUT2D eigenvalue weighted by Gasteiger charge is -2.16. The number of ether oxygens (including phenoxy) is 2. The van der Waals surface area contributed by atoms with Crippen molar-refractivity contribution in [3.8, 4) is 0 Å². The highest BCUT2D eigenvalue weighted by atomic mass is 32.2. The molecule has 1 heterocycles. The predicted molar refractivity (Wildman–Crippen MR) is 112 cm³/mol. The first-order chi connectivity index (χ1) is 14.5. The molecule has 0 bridgehead atoms. The molecule has 1 amide bonds. The van der Waals surface area contributed by atoms with E-state index in [2.05, 4.69) is 4.74 Å². The summed E-state index contributed by atoms with van der Waals surface area (Å²) >= 11 is 1.27. The summed E-state index contributed by atoms with van der Waals surface area (Å²) in [6.07, 6.45) is 5.07. The second-order valence-corrected chi connectivity index (χ2v) is 8.17. The fourth-order valence-corrected chi connectivity index (χ4v) is 4.47. The molecule has 30 heavy (non-hydrogen) atoms. The SMILES string of the molecule is COC(=O)/C=C1/SCC(=O)N1CCCOC(=O)CCC(=O)c1ccc2c(c1)CCC2. The molecule has 0 atom stereocenters. The maximum atomic E-state index is 12.3. The van der Waals surface area contributed by atoms with E-state index in [1.54, 1.807) is 0 Å². The molecule has 0 saturated carbocycles. The number of rotatable bonds is 9. The van der Waals surface area contributed by atoms with Crippen molar-refractivity contribution >= 4 is 35.4 Å². The van der Waals surface area contributed by atoms with E-state index in [9.17, 15) is 19.2 Å². The number of ketones is 1. The molecule has 0 N–H and O–H groups in total. The minimum Gasteiger partial charge on any atom is -0.466 e. The third-order valence-corrected chi connectivity index (χ3v) is 6.14. The number of hydrogen-bond acceptors (Lipinski definition) is 7. The molecule has 1 aliphatic carbocycles. The minimum atomic E-state index is -0.517. The molecule has 0 radical (unpaired) electrons. The largest absolute Gasteiger partial charge is 0.466 e. The average Bonchev–Trinajstić information content (AvgIpc) is 3.35. The summed E-state index contributed by atoms with van der Waals surface area (Å²) < 4.78 is 9.78. The minimum absolute atomic E-state index is 0.0297. The first-order valence-corrected chi connectivity index (χ1v) is 11.0. The number of aryl methyl sites for hydroxylation is 2. The van der Waals surface area contributed by atoms with E-state index in [1.807, 2.05) is 18.2 Å². The molecule has 0 spiro atoms. The van der Waals surface area contributed by atoms with Gasteiger partial charge in [0.05, 0.1) is 37.0 Å². The van der Waals surface area contributed by atoms with Gasteiger partial charge in [0.15, 0.2) is 5.78 Å². The molecule has 1 saturated heterocycles. The van der Waals surface area contributed by atoms with Crippen molar-refractivity contribution in [1.29, 1.82) is 0 Å². The highest BCUT2D eigenvalue weighted by molar-refractivity contribution is 8.04. The van der Waals surface area contributed by atoms with Crippen LogP contribution in [0.1, 0.15) is 47.2 Å². The lowest BCUT2D eigenvalue weighted by Crippen LogP contribution is -2.27. The number of amides is 1. The molecule has 1 fully saturated rings. The number of Topliss-reactive ketones (excluding diaryl/α,β-unsaturated/α-hetero) is 1. The van der Waals surface area contributed by atoms with Crippen LogP contribution in [0.5, 0.6) is 0 Å². The van der Waals surface area contributed by atoms with Crippen LogP contribution in [0.3, 0.4) is 0 Å². The van der Waals surface area contributed by atoms with Crippen LogP contribution in [0.4, 0.5) is 0 Å². The zero-order valence-corrected chi connectivity index (χ0v) is 17.8. The van der Waals surface area contributed by atoms with Crippen LogP contribution in [0.2, 0.25) is 0 Å². The van der Waals surface area contributed by atoms with E-state index >= 15 is 0 Å². The van der Waals surface area contributed by atoms with E-state index in [-0.39, 0.29) is 36.9 Å². The summed E-state index contributed by atoms with van der Waals surface area (Å²) in [4.78, 5) is 49.1. The zero-order valence-electron chi connectivity index (χ0n) is 17.0. The van der Waals surface area contributed by atoms with Crippen molar-refractivity contribution in [2.24, 2.45) is 0 Å². The van der Waals surface area contributed by atoms with Gasteiger partial charge in [-0.25, -0.2) is 4.79 Å². The topological polar surface area (TPSA) is 90.0 Å². The van der Waals surface area contributed by atoms with Crippen molar-refractivity contribution in [2.75, 3.05) is 26.0 Å². The highest BCUT2D eigenvalue weighted by Gasteiger charge is 2.27. The molecule has 3 rings (SSSR count). The fraction of sp³-hybridized carbons (Fsp3) is 0.455. The van der Waals surface area contributed by atoms with E-state index in [0.29, 0.717) is 23.6 Å². The Morgan fingerprint density at radius 2 is 1.97 bits per heavy atom. The number of nitrogens with zero attached hydrogens (tertiary/aromatic N) is 1. The Morgan fingerprint density at radius 3 is 2.77 bits per heavy atom. The van der Waals surface area contributed by atoms with Crippen LogP contribution in [0.25, 0.3) is 0 Å². The fourth-order valence-electron chi connectivity index (χ4n) is 3.51. The van der Waals surface area contributed by atoms with E-state index in [0.717, 1.165) is 19.3 Å². The number of methoxy groups -OCH3 is 1. The number of fused-ring (bicyclic) bond motifs is 1. The van der Waals surface area contributed by atoms with Gasteiger partial charge in [0, 0.05) is 18.5 Å². The van der Waals surface area contributed by atoms with E-state index in [4.69, 9.17) is 4.74 Å². The lowest BCUT2D eigenvalue weighted by molar-refractivity contribution is -0.143. The Balaban J connectivity index is 1.37. The summed E-state index contributed by atoms with van der Waals surface area (Å²) in [6, 6.07) is 5.79. The summed E-state index contributed by atoms with van der Waals surface area (Å²) in [7, 11) is 1.28. The molecule has 8 heteroatoms. The summed E-state index contributed by atoms with van der Waals surface area (Å²) in [5.41, 5.74) is 3.20. The smallest absolute Gasteiger partial charge is 0.333 e. The maximum Gasteiger partial charge on any atom is 0.333 e. The van der Waals surface area contributed by atoms with Gasteiger partial charge in [0.2, 0.25) is 5.91 Å². The van der Waals surface area contributed by atoms with Gasteiger partial charge in [-0.15, -0.1) is 0 Å². The van der Waals surface area contributed by atoms with Gasteiger partial charge in [0.25, 0.3) is 0 Å². The number of carbonyl (C=O) groups excluding carboxylic acids is 4. The van der Waals surface area contributed by atoms with Gasteiger partial charge >= 0.3 is 11.9 Å². The lowest BCUT2D eigenvalue weighted by atomic mass is 10.0. The number of thioether (sulfide) groups is 1. The first kappa shape index (κ1) is 22.1. The van der Waals surface area contributed by atoms with Crippen LogP contribution in [-0.4, -0.2) is 54.5 Å². The summed E-state index contributed by atoms with van der Waals surface area (Å²) in [5, 5.41) is 0.540. The molecular formula is C22H25NO6S. The standard InChI is InChI=1S/C22H25NO6S/c1-28-22(27)13-20-23(19(25)14-30-20)10-3-11-29-21(26)9-8-18(24)17-7-6-15-4-2-5-16(15)12-17/h6-7,12-13H,2-5,8-11,14H2,1H3/b20-13+. The van der Waals surface area contributed by atoms with Gasteiger partial charge in [-0.2, -0.15) is 0 Å². The molecular weight excluding hydrogens is 406 g/mol. The molecule has 160 valence electrons. The third-order valence-electron chi connectivity index (χ3n) is 5.12. The molecule has 1 aromatic carbocycles. The van der Waals surface area contributed by atoms with Crippen molar-refractivity contribution in [3.05, 3.63) is 46.0 Å².